The van der Waals surface area contributed by atoms with Crippen LogP contribution in [-0.4, -0.2) is 28.7 Å². The summed E-state index contributed by atoms with van der Waals surface area (Å²) in [6.45, 7) is 38.6. The van der Waals surface area contributed by atoms with E-state index in [2.05, 4.69) is 135 Å². The highest BCUT2D eigenvalue weighted by molar-refractivity contribution is 5.91. The van der Waals surface area contributed by atoms with E-state index >= 15 is 0 Å². The first-order valence-electron chi connectivity index (χ1n) is 16.4. The van der Waals surface area contributed by atoms with Crippen molar-refractivity contribution in [3.63, 3.8) is 0 Å². The molecule has 0 N–H and O–H groups in total. The van der Waals surface area contributed by atoms with E-state index in [0.29, 0.717) is 0 Å². The minimum atomic E-state index is 0.820. The van der Waals surface area contributed by atoms with Crippen molar-refractivity contribution >= 4 is 22.3 Å². The van der Waals surface area contributed by atoms with Gasteiger partial charge in [-0.1, -0.05) is 0 Å². The Morgan fingerprint density at radius 1 is 0.304 bits per heavy atom. The van der Waals surface area contributed by atoms with E-state index in [0.717, 1.165) is 34.2 Å². The van der Waals surface area contributed by atoms with Gasteiger partial charge in [0.1, 0.15) is 5.65 Å². The van der Waals surface area contributed by atoms with Gasteiger partial charge in [0.2, 0.25) is 5.78 Å². The highest BCUT2D eigenvalue weighted by atomic mass is 15.1. The predicted octanol–water partition coefficient (Wildman–Crippen LogP) is 9.85. The van der Waals surface area contributed by atoms with Gasteiger partial charge in [0.05, 0.1) is 16.9 Å². The lowest BCUT2D eigenvalue weighted by molar-refractivity contribution is 0.952. The fourth-order valence-electron chi connectivity index (χ4n) is 6.49. The summed E-state index contributed by atoms with van der Waals surface area (Å²) < 4.78 is 4.39. The largest absolute Gasteiger partial charge is 0.301 e. The molecular weight excluding hydrogens is 564 g/mol. The summed E-state index contributed by atoms with van der Waals surface area (Å²) in [7, 11) is 0. The van der Waals surface area contributed by atoms with Gasteiger partial charge < -0.3 is 4.40 Å². The van der Waals surface area contributed by atoms with Crippen LogP contribution in [0.5, 0.6) is 0 Å². The van der Waals surface area contributed by atoms with Crippen LogP contribution in [0, 0.1) is 125 Å². The van der Waals surface area contributed by atoms with E-state index < -0.39 is 0 Å². The topological polar surface area (TPSA) is 60.4 Å². The Morgan fingerprint density at radius 2 is 0.739 bits per heavy atom. The summed E-state index contributed by atoms with van der Waals surface area (Å²) in [6.07, 6.45) is 0. The number of pyridine rings is 2. The lowest BCUT2D eigenvalue weighted by Crippen LogP contribution is -2.02. The first-order chi connectivity index (χ1) is 21.3. The molecule has 0 unspecified atom stereocenters. The molecule has 0 saturated heterocycles. The third kappa shape index (κ3) is 5.61. The first-order valence-corrected chi connectivity index (χ1v) is 16.4. The molecule has 5 heterocycles. The lowest BCUT2D eigenvalue weighted by atomic mass is 9.90. The molecule has 0 aliphatic rings. The molecule has 46 heavy (non-hydrogen) atoms. The summed E-state index contributed by atoms with van der Waals surface area (Å²) in [5, 5.41) is 1.36. The second-order valence-corrected chi connectivity index (χ2v) is 13.4. The molecule has 0 aliphatic carbocycles. The lowest BCUT2D eigenvalue weighted by Gasteiger charge is -2.17. The Balaban J connectivity index is 0.000000157. The Kier molecular flexibility index (Phi) is 9.55. The highest BCUT2D eigenvalue weighted by Gasteiger charge is 2.15. The Labute approximate surface area is 276 Å². The molecule has 0 radical (unpaired) electrons. The zero-order valence-corrected chi connectivity index (χ0v) is 31.7. The summed E-state index contributed by atoms with van der Waals surface area (Å²) in [5.74, 6) is 0.820. The maximum Gasteiger partial charge on any atom is 0.234 e. The van der Waals surface area contributed by atoms with Crippen LogP contribution < -0.4 is 0 Å². The molecule has 0 saturated carbocycles. The van der Waals surface area contributed by atoms with Crippen LogP contribution in [0.1, 0.15) is 101 Å². The molecule has 6 rings (SSSR count). The number of fused-ring (bicyclic) bond motifs is 3. The number of hydrogen-bond acceptors (Lipinski definition) is 4. The van der Waals surface area contributed by atoms with Crippen LogP contribution in [0.25, 0.3) is 22.3 Å². The number of benzene rings is 1. The highest BCUT2D eigenvalue weighted by Crippen LogP contribution is 2.32. The maximum atomic E-state index is 4.80. The van der Waals surface area contributed by atoms with Crippen LogP contribution >= 0.6 is 0 Å². The molecule has 6 heteroatoms. The zero-order valence-electron chi connectivity index (χ0n) is 31.7. The molecule has 0 aliphatic heterocycles. The Bertz CT molecular complexity index is 2160. The van der Waals surface area contributed by atoms with E-state index in [1.165, 1.54) is 89.3 Å². The molecule has 6 nitrogen and oxygen atoms in total. The molecule has 0 fully saturated rings. The fraction of sp³-hybridized carbons (Fsp3) is 0.450. The van der Waals surface area contributed by atoms with Gasteiger partial charge in [0, 0.05) is 39.5 Å². The van der Waals surface area contributed by atoms with E-state index in [1.807, 2.05) is 13.8 Å². The maximum absolute atomic E-state index is 4.80. The van der Waals surface area contributed by atoms with Crippen molar-refractivity contribution in [2.75, 3.05) is 0 Å². The van der Waals surface area contributed by atoms with Gasteiger partial charge in [-0.3, -0.25) is 9.38 Å². The van der Waals surface area contributed by atoms with Crippen molar-refractivity contribution in [1.82, 2.24) is 28.7 Å². The number of nitrogens with zero attached hydrogens (tertiary/aromatic N) is 6. The second kappa shape index (κ2) is 12.6. The molecule has 0 atom stereocenters. The number of aromatic nitrogens is 6. The smallest absolute Gasteiger partial charge is 0.234 e. The van der Waals surface area contributed by atoms with E-state index in [1.54, 1.807) is 0 Å². The minimum absolute atomic E-state index is 0.820. The van der Waals surface area contributed by atoms with Crippen molar-refractivity contribution in [2.45, 2.75) is 125 Å². The summed E-state index contributed by atoms with van der Waals surface area (Å²) >= 11 is 0. The average Bonchev–Trinajstić information content (AvgIpc) is 3.47. The molecule has 0 amide bonds. The molecule has 1 aromatic carbocycles. The van der Waals surface area contributed by atoms with Crippen molar-refractivity contribution in [2.24, 2.45) is 0 Å². The Hall–Kier alpha value is -4.06. The van der Waals surface area contributed by atoms with E-state index in [-0.39, 0.29) is 0 Å². The standard InChI is InChI=1S/C16H21N.C13H18N2.C11H15N3/c1-8-9(2)13(6)16-15(11(8)4)12(5)10(3)14(7)17-16;1-7-8(2)11(5)15-12(6)10(4)14-13(15)9(7)3;1-6-7(2)12-11-13-8(3)10(5)14(11)9(6)4/h1-7H3;1-6H3;1-5H3. The molecule has 0 spiro atoms. The molecule has 244 valence electrons. The summed E-state index contributed by atoms with van der Waals surface area (Å²) in [4.78, 5) is 18.3. The van der Waals surface area contributed by atoms with Gasteiger partial charge in [-0.15, -0.1) is 0 Å². The third-order valence-electron chi connectivity index (χ3n) is 11.1. The normalized spacial score (nSPS) is 11.3. The van der Waals surface area contributed by atoms with E-state index in [4.69, 9.17) is 4.98 Å². The predicted molar refractivity (Wildman–Crippen MR) is 195 cm³/mol. The summed E-state index contributed by atoms with van der Waals surface area (Å²) in [5.41, 5.74) is 25.2. The van der Waals surface area contributed by atoms with Crippen LogP contribution in [-0.2, 0) is 0 Å². The van der Waals surface area contributed by atoms with Gasteiger partial charge in [-0.05, 0) is 180 Å². The van der Waals surface area contributed by atoms with Crippen molar-refractivity contribution < 1.29 is 0 Å². The second-order valence-electron chi connectivity index (χ2n) is 13.4. The number of rotatable bonds is 0. The van der Waals surface area contributed by atoms with Crippen LogP contribution in [0.4, 0.5) is 0 Å². The number of aryl methyl sites for hydroxylation is 12. The van der Waals surface area contributed by atoms with Crippen molar-refractivity contribution in [3.8, 4) is 0 Å². The SMILES string of the molecule is Cc1nc2c(C)c(C)c(C)c(C)c2c(C)c1C.Cc1nc2c(C)c(C)c(C)c(C)n2c1C.Cc1nc2nc(C)c(C)n2c(C)c1C. The van der Waals surface area contributed by atoms with Gasteiger partial charge in [-0.2, -0.15) is 0 Å². The first kappa shape index (κ1) is 34.8. The van der Waals surface area contributed by atoms with E-state index in [9.17, 15) is 0 Å². The van der Waals surface area contributed by atoms with Gasteiger partial charge in [-0.25, -0.2) is 15.0 Å². The fourth-order valence-corrected chi connectivity index (χ4v) is 6.49. The van der Waals surface area contributed by atoms with Gasteiger partial charge in [0.25, 0.3) is 0 Å². The van der Waals surface area contributed by atoms with Gasteiger partial charge in [0.15, 0.2) is 0 Å². The zero-order chi connectivity index (χ0) is 34.7. The van der Waals surface area contributed by atoms with Crippen LogP contribution in [0.2, 0.25) is 0 Å². The quantitative estimate of drug-likeness (QED) is 0.170. The number of imidazole rings is 2. The van der Waals surface area contributed by atoms with Crippen LogP contribution in [0.3, 0.4) is 0 Å². The molecule has 6 aromatic rings. The molecule has 5 aromatic heterocycles. The monoisotopic (exact) mass is 618 g/mol. The minimum Gasteiger partial charge on any atom is -0.301 e. The van der Waals surface area contributed by atoms with Gasteiger partial charge >= 0.3 is 0 Å². The average molecular weight is 619 g/mol. The van der Waals surface area contributed by atoms with Crippen LogP contribution in [0.15, 0.2) is 0 Å². The molecular formula is C40H54N6. The summed E-state index contributed by atoms with van der Waals surface area (Å²) in [6, 6.07) is 0. The Morgan fingerprint density at radius 3 is 1.35 bits per heavy atom. The van der Waals surface area contributed by atoms with Crippen molar-refractivity contribution in [1.29, 1.82) is 0 Å². The van der Waals surface area contributed by atoms with Crippen molar-refractivity contribution in [3.05, 3.63) is 101 Å². The third-order valence-corrected chi connectivity index (χ3v) is 11.1. The molecule has 0 bridgehead atoms. The number of hydrogen-bond donors (Lipinski definition) is 0.